The standard InChI is InChI=1S/C19H21F3N2O3/c20-15-4-3-11(17(25)23-12-7-19(21,22)8-12)5-13(15)14-6-16(14)24(18(26)27)9-10-1-2-10/h3-5,10,12,14,16H,1-2,6-9H2,(H,23,25)(H,26,27)/t14-,16+/m0/s1. The zero-order chi connectivity index (χ0) is 19.3. The molecule has 0 radical (unpaired) electrons. The third kappa shape index (κ3) is 3.89. The molecule has 2 N–H and O–H groups in total. The van der Waals surface area contributed by atoms with Gasteiger partial charge in [0.25, 0.3) is 11.8 Å². The number of nitrogens with one attached hydrogen (secondary N) is 1. The first-order valence-electron chi connectivity index (χ1n) is 9.21. The molecule has 0 heterocycles. The van der Waals surface area contributed by atoms with Crippen LogP contribution >= 0.6 is 0 Å². The number of benzene rings is 1. The third-order valence-corrected chi connectivity index (χ3v) is 5.64. The van der Waals surface area contributed by atoms with E-state index in [2.05, 4.69) is 5.32 Å². The average Bonchev–Trinajstić information content (AvgIpc) is 3.45. The van der Waals surface area contributed by atoms with E-state index in [1.165, 1.54) is 23.1 Å². The molecule has 5 nitrogen and oxygen atoms in total. The maximum atomic E-state index is 14.3. The van der Waals surface area contributed by atoms with Crippen LogP contribution in [0.1, 0.15) is 53.9 Å². The van der Waals surface area contributed by atoms with Crippen molar-refractivity contribution in [2.75, 3.05) is 6.54 Å². The molecule has 27 heavy (non-hydrogen) atoms. The summed E-state index contributed by atoms with van der Waals surface area (Å²) in [7, 11) is 0. The second-order valence-electron chi connectivity index (χ2n) is 7.96. The van der Waals surface area contributed by atoms with Gasteiger partial charge in [0.1, 0.15) is 5.82 Å². The molecule has 0 saturated heterocycles. The van der Waals surface area contributed by atoms with Crippen molar-refractivity contribution in [1.29, 1.82) is 0 Å². The Kier molecular flexibility index (Phi) is 4.31. The van der Waals surface area contributed by atoms with Gasteiger partial charge in [0.15, 0.2) is 0 Å². The van der Waals surface area contributed by atoms with Crippen LogP contribution in [0.5, 0.6) is 0 Å². The van der Waals surface area contributed by atoms with E-state index < -0.39 is 29.8 Å². The van der Waals surface area contributed by atoms with Crippen molar-refractivity contribution in [2.45, 2.75) is 56.0 Å². The van der Waals surface area contributed by atoms with E-state index in [-0.39, 0.29) is 30.4 Å². The van der Waals surface area contributed by atoms with E-state index in [9.17, 15) is 27.9 Å². The fraction of sp³-hybridized carbons (Fsp3) is 0.579. The second-order valence-corrected chi connectivity index (χ2v) is 7.96. The van der Waals surface area contributed by atoms with Gasteiger partial charge in [-0.05, 0) is 48.9 Å². The number of halogens is 3. The summed E-state index contributed by atoms with van der Waals surface area (Å²) >= 11 is 0. The highest BCUT2D eigenvalue weighted by Crippen LogP contribution is 2.47. The van der Waals surface area contributed by atoms with Crippen molar-refractivity contribution in [2.24, 2.45) is 5.92 Å². The Labute approximate surface area is 154 Å². The first-order valence-corrected chi connectivity index (χ1v) is 9.21. The molecule has 4 rings (SSSR count). The van der Waals surface area contributed by atoms with E-state index in [0.717, 1.165) is 12.8 Å². The number of carboxylic acid groups (broad SMARTS) is 1. The number of amides is 2. The summed E-state index contributed by atoms with van der Waals surface area (Å²) in [6.45, 7) is 0.466. The van der Waals surface area contributed by atoms with Crippen LogP contribution in [-0.2, 0) is 0 Å². The van der Waals surface area contributed by atoms with Gasteiger partial charge in [-0.1, -0.05) is 0 Å². The lowest BCUT2D eigenvalue weighted by molar-refractivity contribution is -0.0901. The molecule has 3 aliphatic carbocycles. The van der Waals surface area contributed by atoms with Crippen LogP contribution in [0.25, 0.3) is 0 Å². The minimum absolute atomic E-state index is 0.205. The fourth-order valence-corrected chi connectivity index (χ4v) is 3.80. The number of carbonyl (C=O) groups is 2. The van der Waals surface area contributed by atoms with Crippen LogP contribution in [-0.4, -0.2) is 46.6 Å². The van der Waals surface area contributed by atoms with Gasteiger partial charge < -0.3 is 15.3 Å². The lowest BCUT2D eigenvalue weighted by Crippen LogP contribution is -2.50. The number of hydrogen-bond donors (Lipinski definition) is 2. The van der Waals surface area contributed by atoms with Crippen LogP contribution in [0.4, 0.5) is 18.0 Å². The Bertz CT molecular complexity index is 773. The van der Waals surface area contributed by atoms with Gasteiger partial charge in [0, 0.05) is 43.0 Å². The van der Waals surface area contributed by atoms with Crippen molar-refractivity contribution in [3.63, 3.8) is 0 Å². The van der Waals surface area contributed by atoms with E-state index >= 15 is 0 Å². The molecule has 1 aromatic carbocycles. The molecule has 2 atom stereocenters. The highest BCUT2D eigenvalue weighted by Gasteiger charge is 2.48. The normalized spacial score (nSPS) is 26.2. The van der Waals surface area contributed by atoms with Gasteiger partial charge in [0.05, 0.1) is 0 Å². The number of hydrogen-bond acceptors (Lipinski definition) is 2. The summed E-state index contributed by atoms with van der Waals surface area (Å²) in [5.41, 5.74) is 0.518. The maximum Gasteiger partial charge on any atom is 0.407 e. The summed E-state index contributed by atoms with van der Waals surface area (Å²) in [5.74, 6) is -3.60. The Morgan fingerprint density at radius 2 is 1.96 bits per heavy atom. The summed E-state index contributed by atoms with van der Waals surface area (Å²) in [5, 5.41) is 12.0. The zero-order valence-electron chi connectivity index (χ0n) is 14.6. The van der Waals surface area contributed by atoms with Crippen LogP contribution in [0.2, 0.25) is 0 Å². The first kappa shape index (κ1) is 18.1. The van der Waals surface area contributed by atoms with Crippen molar-refractivity contribution in [3.8, 4) is 0 Å². The molecule has 0 bridgehead atoms. The topological polar surface area (TPSA) is 69.6 Å². The van der Waals surface area contributed by atoms with Crippen molar-refractivity contribution < 1.29 is 27.9 Å². The smallest absolute Gasteiger partial charge is 0.407 e. The van der Waals surface area contributed by atoms with E-state index in [4.69, 9.17) is 0 Å². The SMILES string of the molecule is O=C(NC1CC(F)(F)C1)c1ccc(F)c([C@@H]2C[C@H]2N(CC2CC2)C(=O)O)c1. The maximum absolute atomic E-state index is 14.3. The van der Waals surface area contributed by atoms with Crippen LogP contribution in [0, 0.1) is 11.7 Å². The number of rotatable bonds is 6. The van der Waals surface area contributed by atoms with Crippen molar-refractivity contribution in [1.82, 2.24) is 10.2 Å². The van der Waals surface area contributed by atoms with Crippen molar-refractivity contribution in [3.05, 3.63) is 35.1 Å². The van der Waals surface area contributed by atoms with Gasteiger partial charge in [-0.15, -0.1) is 0 Å². The third-order valence-electron chi connectivity index (χ3n) is 5.64. The minimum Gasteiger partial charge on any atom is -0.465 e. The van der Waals surface area contributed by atoms with Crippen LogP contribution in [0.3, 0.4) is 0 Å². The number of alkyl halides is 2. The average molecular weight is 382 g/mol. The Morgan fingerprint density at radius 3 is 2.56 bits per heavy atom. The quantitative estimate of drug-likeness (QED) is 0.790. The Balaban J connectivity index is 1.43. The minimum atomic E-state index is -2.73. The molecule has 0 aromatic heterocycles. The number of carbonyl (C=O) groups excluding carboxylic acids is 1. The summed E-state index contributed by atoms with van der Waals surface area (Å²) < 4.78 is 40.1. The predicted octanol–water partition coefficient (Wildman–Crippen LogP) is 3.60. The van der Waals surface area contributed by atoms with Gasteiger partial charge in [-0.2, -0.15) is 0 Å². The summed E-state index contributed by atoms with van der Waals surface area (Å²) in [6, 6.07) is 3.07. The lowest BCUT2D eigenvalue weighted by Gasteiger charge is -2.35. The molecule has 1 aromatic rings. The van der Waals surface area contributed by atoms with E-state index in [1.807, 2.05) is 0 Å². The monoisotopic (exact) mass is 382 g/mol. The second kappa shape index (κ2) is 6.42. The molecule has 0 spiro atoms. The summed E-state index contributed by atoms with van der Waals surface area (Å²) in [4.78, 5) is 25.1. The molecule has 8 heteroatoms. The lowest BCUT2D eigenvalue weighted by atomic mass is 9.88. The van der Waals surface area contributed by atoms with Crippen LogP contribution in [0.15, 0.2) is 18.2 Å². The Morgan fingerprint density at radius 1 is 1.26 bits per heavy atom. The fourth-order valence-electron chi connectivity index (χ4n) is 3.80. The largest absolute Gasteiger partial charge is 0.465 e. The molecule has 3 saturated carbocycles. The highest BCUT2D eigenvalue weighted by atomic mass is 19.3. The van der Waals surface area contributed by atoms with Crippen LogP contribution < -0.4 is 5.32 Å². The number of nitrogens with zero attached hydrogens (tertiary/aromatic N) is 1. The molecular formula is C19H21F3N2O3. The van der Waals surface area contributed by atoms with Gasteiger partial charge in [-0.3, -0.25) is 4.79 Å². The molecule has 3 fully saturated rings. The molecule has 146 valence electrons. The van der Waals surface area contributed by atoms with E-state index in [1.54, 1.807) is 0 Å². The predicted molar refractivity (Wildman–Crippen MR) is 90.4 cm³/mol. The van der Waals surface area contributed by atoms with E-state index in [0.29, 0.717) is 24.4 Å². The molecule has 3 aliphatic rings. The molecule has 0 aliphatic heterocycles. The molecular weight excluding hydrogens is 361 g/mol. The van der Waals surface area contributed by atoms with Gasteiger partial charge in [-0.25, -0.2) is 18.0 Å². The first-order chi connectivity index (χ1) is 12.7. The van der Waals surface area contributed by atoms with Crippen molar-refractivity contribution >= 4 is 12.0 Å². The van der Waals surface area contributed by atoms with Gasteiger partial charge in [0.2, 0.25) is 0 Å². The van der Waals surface area contributed by atoms with Gasteiger partial charge >= 0.3 is 6.09 Å². The zero-order valence-corrected chi connectivity index (χ0v) is 14.6. The summed E-state index contributed by atoms with van der Waals surface area (Å²) in [6.07, 6.45) is 0.792. The highest BCUT2D eigenvalue weighted by molar-refractivity contribution is 5.94. The molecule has 0 unspecified atom stereocenters. The Hall–Kier alpha value is -2.25. The molecule has 2 amide bonds.